The van der Waals surface area contributed by atoms with Crippen molar-refractivity contribution in [2.75, 3.05) is 156 Å². The Labute approximate surface area is 846 Å². The van der Waals surface area contributed by atoms with Gasteiger partial charge in [0.15, 0.2) is 23.1 Å². The Bertz CT molecular complexity index is 4840. The number of ketones is 3. The van der Waals surface area contributed by atoms with Gasteiger partial charge in [0.1, 0.15) is 17.6 Å². The fraction of sp³-hybridized carbons (Fsp3) is 0.638. The molecule has 0 radical (unpaired) electrons. The summed E-state index contributed by atoms with van der Waals surface area (Å²) in [6.07, 6.45) is 7.28. The number of esters is 1. The van der Waals surface area contributed by atoms with Crippen molar-refractivity contribution in [1.82, 2.24) is 56.4 Å². The number of methoxy groups -OCH3 is 3. The fourth-order valence-corrected chi connectivity index (χ4v) is 21.1. The summed E-state index contributed by atoms with van der Waals surface area (Å²) in [5, 5.41) is 17.7. The lowest BCUT2D eigenvalue weighted by Gasteiger charge is -2.40. The maximum absolute atomic E-state index is 14.7. The molecule has 11 atom stereocenters. The van der Waals surface area contributed by atoms with E-state index < -0.39 is 84.2 Å². The van der Waals surface area contributed by atoms with E-state index in [-0.39, 0.29) is 210 Å². The smallest absolute Gasteiger partial charge is 0.309 e. The zero-order valence-corrected chi connectivity index (χ0v) is 87.7. The number of aliphatic imine (C=N–C) groups is 1. The van der Waals surface area contributed by atoms with Crippen LogP contribution in [0.4, 0.5) is 11.4 Å². The molecule has 0 bridgehead atoms. The van der Waals surface area contributed by atoms with Crippen LogP contribution in [-0.2, 0) is 87.7 Å². The summed E-state index contributed by atoms with van der Waals surface area (Å²) in [6, 6.07) is 12.5. The molecule has 6 N–H and O–H groups in total. The van der Waals surface area contributed by atoms with Crippen molar-refractivity contribution in [3.63, 3.8) is 0 Å². The first kappa shape index (κ1) is 117. The number of hydrogen-bond donors (Lipinski definition) is 6. The SMILES string of the molecule is C=C1C[C@H]2CN(C(=O)CNC(=O)[C@@H](NC(=O)CCOCCNC(=O)CCN(CCCCNC(=O)C3CSCS3)CCC(=O)NCCOCCC(=O)N[C@@H](C)C(=O)CCCCC(=O)N(C)[C@H](C(=O)C[C@H](C(=O)N(C)[C@@H]([C@@H](C)CC)[C@@H](CC(=O)C[C@@H](Cc3ccccc3)C(=O)OC)OC)C(C)C)C(C)C)C(C)C)c3cc(OCCCCCOc4cc5c(cc4C)C(=O)N4CC(=C)C[C@H]4C=N5)c(OC)cc3C(=O)N2C1. The minimum absolute atomic E-state index is 0.0147. The van der Waals surface area contributed by atoms with Gasteiger partial charge >= 0.3 is 5.97 Å². The quantitative estimate of drug-likeness (QED) is 0.0174. The molecule has 142 heavy (non-hydrogen) atoms. The summed E-state index contributed by atoms with van der Waals surface area (Å²) in [7, 11) is 7.52. The van der Waals surface area contributed by atoms with Crippen LogP contribution in [0.15, 0.2) is 83.9 Å². The molecule has 5 aliphatic rings. The molecular weight excluding hydrogens is 1860 g/mol. The molecule has 3 fully saturated rings. The van der Waals surface area contributed by atoms with Crippen molar-refractivity contribution in [2.24, 2.45) is 40.5 Å². The molecule has 1 unspecified atom stereocenters. The van der Waals surface area contributed by atoms with Gasteiger partial charge in [0.05, 0.1) is 130 Å². The van der Waals surface area contributed by atoms with Gasteiger partial charge in [0.2, 0.25) is 53.2 Å². The molecule has 35 nitrogen and oxygen atoms in total. The number of fused-ring (bicyclic) bond motifs is 4. The van der Waals surface area contributed by atoms with Gasteiger partial charge in [-0.2, -0.15) is 0 Å². The minimum atomic E-state index is -1.03. The molecule has 0 saturated carbocycles. The maximum Gasteiger partial charge on any atom is 0.309 e. The minimum Gasteiger partial charge on any atom is -0.493 e. The summed E-state index contributed by atoms with van der Waals surface area (Å²) in [5.74, 6) is -5.17. The number of likely N-dealkylation sites (N-methyl/N-ethyl adjacent to an activating group) is 2. The van der Waals surface area contributed by atoms with Crippen LogP contribution >= 0.6 is 23.5 Å². The predicted molar refractivity (Wildman–Crippen MR) is 547 cm³/mol. The Kier molecular flexibility index (Phi) is 49.0. The summed E-state index contributed by atoms with van der Waals surface area (Å²) in [4.78, 5) is 219. The van der Waals surface area contributed by atoms with E-state index in [1.54, 1.807) is 85.2 Å². The summed E-state index contributed by atoms with van der Waals surface area (Å²) in [6.45, 7) is 30.0. The Morgan fingerprint density at radius 1 is 0.599 bits per heavy atom. The molecule has 8 rings (SSSR count). The number of carbonyl (C=O) groups is 15. The second-order valence-corrected chi connectivity index (χ2v) is 41.3. The van der Waals surface area contributed by atoms with E-state index in [4.69, 9.17) is 33.2 Å². The Hall–Kier alpha value is -10.6. The van der Waals surface area contributed by atoms with E-state index in [0.29, 0.717) is 144 Å². The Morgan fingerprint density at radius 3 is 1.86 bits per heavy atom. The molecule has 0 aromatic heterocycles. The van der Waals surface area contributed by atoms with E-state index in [0.717, 1.165) is 39.5 Å². The average Bonchev–Trinajstić information content (AvgIpc) is 1.60. The molecular formula is C105H155N13O22S2. The molecule has 3 saturated heterocycles. The second-order valence-electron chi connectivity index (χ2n) is 38.7. The van der Waals surface area contributed by atoms with Crippen LogP contribution in [-0.4, -0.2) is 318 Å². The van der Waals surface area contributed by atoms with Crippen LogP contribution in [0.2, 0.25) is 0 Å². The number of benzene rings is 3. The van der Waals surface area contributed by atoms with Gasteiger partial charge in [0.25, 0.3) is 11.8 Å². The van der Waals surface area contributed by atoms with Crippen LogP contribution in [0, 0.1) is 42.4 Å². The molecule has 3 aromatic carbocycles. The van der Waals surface area contributed by atoms with Gasteiger partial charge in [-0.25, -0.2) is 0 Å². The first-order chi connectivity index (χ1) is 67.9. The largest absolute Gasteiger partial charge is 0.493 e. The number of anilines is 1. The van der Waals surface area contributed by atoms with Crippen molar-refractivity contribution >= 4 is 129 Å². The highest BCUT2D eigenvalue weighted by atomic mass is 32.2. The fourth-order valence-electron chi connectivity index (χ4n) is 18.4. The highest BCUT2D eigenvalue weighted by Gasteiger charge is 2.44. The molecule has 11 amide bonds. The molecule has 3 aromatic rings. The van der Waals surface area contributed by atoms with E-state index in [1.807, 2.05) is 102 Å². The lowest BCUT2D eigenvalue weighted by Crippen LogP contribution is -2.53. The highest BCUT2D eigenvalue weighted by Crippen LogP contribution is 2.42. The van der Waals surface area contributed by atoms with Crippen molar-refractivity contribution < 1.29 is 105 Å². The van der Waals surface area contributed by atoms with Crippen LogP contribution in [0.3, 0.4) is 0 Å². The Morgan fingerprint density at radius 2 is 1.24 bits per heavy atom. The lowest BCUT2D eigenvalue weighted by atomic mass is 9.83. The monoisotopic (exact) mass is 2010 g/mol. The van der Waals surface area contributed by atoms with E-state index in [2.05, 4.69) is 50.1 Å². The number of amides is 11. The number of unbranched alkanes of at least 4 members (excludes halogenated alkanes) is 4. The predicted octanol–water partition coefficient (Wildman–Crippen LogP) is 9.94. The van der Waals surface area contributed by atoms with Gasteiger partial charge < -0.3 is 94.5 Å². The average molecular weight is 2020 g/mol. The third kappa shape index (κ3) is 36.0. The summed E-state index contributed by atoms with van der Waals surface area (Å²) in [5.41, 5.74) is 5.19. The number of carbonyl (C=O) groups excluding carboxylic acids is 15. The number of aryl methyl sites for hydroxylation is 1. The number of nitrogens with one attached hydrogen (secondary N) is 6. The lowest BCUT2D eigenvalue weighted by molar-refractivity contribution is -0.148. The van der Waals surface area contributed by atoms with E-state index in [1.165, 1.54) is 31.1 Å². The van der Waals surface area contributed by atoms with Gasteiger partial charge in [-0.3, -0.25) is 76.9 Å². The molecule has 5 aliphatic heterocycles. The summed E-state index contributed by atoms with van der Waals surface area (Å²) < 4.78 is 40.7. The first-order valence-corrected chi connectivity index (χ1v) is 52.5. The van der Waals surface area contributed by atoms with Crippen LogP contribution < -0.4 is 51.0 Å². The van der Waals surface area contributed by atoms with Crippen LogP contribution in [0.5, 0.6) is 17.2 Å². The molecule has 37 heteroatoms. The second kappa shape index (κ2) is 59.6. The van der Waals surface area contributed by atoms with Gasteiger partial charge in [0, 0.05) is 166 Å². The molecule has 5 heterocycles. The zero-order valence-electron chi connectivity index (χ0n) is 86.1. The topological polar surface area (TPSA) is 425 Å². The highest BCUT2D eigenvalue weighted by molar-refractivity contribution is 8.19. The van der Waals surface area contributed by atoms with E-state index >= 15 is 0 Å². The summed E-state index contributed by atoms with van der Waals surface area (Å²) >= 11 is 3.35. The van der Waals surface area contributed by atoms with E-state index in [9.17, 15) is 71.9 Å². The van der Waals surface area contributed by atoms with Crippen LogP contribution in [0.25, 0.3) is 0 Å². The molecule has 784 valence electrons. The van der Waals surface area contributed by atoms with Gasteiger partial charge in [-0.05, 0) is 132 Å². The third-order valence-corrected chi connectivity index (χ3v) is 29.6. The van der Waals surface area contributed by atoms with Gasteiger partial charge in [-0.15, -0.1) is 23.5 Å². The number of Topliss-reactive ketones (excluding diaryl/α,β-unsaturated/α-hetero) is 3. The first-order valence-electron chi connectivity index (χ1n) is 50.3. The Balaban J connectivity index is 0.701. The van der Waals surface area contributed by atoms with Crippen molar-refractivity contribution in [2.45, 2.75) is 245 Å². The van der Waals surface area contributed by atoms with Gasteiger partial charge in [-0.1, -0.05) is 116 Å². The van der Waals surface area contributed by atoms with Crippen molar-refractivity contribution in [1.29, 1.82) is 0 Å². The van der Waals surface area contributed by atoms with Crippen molar-refractivity contribution in [3.8, 4) is 17.2 Å². The number of nitrogens with zero attached hydrogens (tertiary/aromatic N) is 7. The number of ether oxygens (including phenoxy) is 7. The molecule has 0 aliphatic carbocycles. The number of hydrogen-bond acceptors (Lipinski definition) is 26. The maximum atomic E-state index is 14.7. The number of rotatable bonds is 64. The molecule has 0 spiro atoms. The third-order valence-electron chi connectivity index (χ3n) is 26.8. The van der Waals surface area contributed by atoms with Crippen molar-refractivity contribution in [3.05, 3.63) is 101 Å². The standard InChI is InChI=1S/C105H155N13O22S2/c1-18-71(10)99(89(135-16)54-78(119)53-75(105(133)136-17)52-74-29-21-19-22-30-74)114(14)102(130)79(66(2)3)55-85(121)98(68(6)7)113(13)95(126)32-24-23-31-84(120)73(12)111-93(124)35-45-137-47-38-106-91(122)33-41-115(40-26-25-37-108-100(128)90-64-141-65-142-90)42-34-92(123)107-39-48-138-46-36-94(125)112-97(67(4)5)101(129)110-60-96(127)118-63-77-50-70(9)62-117(77)104(132)81-56-87(134-15)88(58-83(81)118)140-44-28-20-27-43-139-86-57-82-80(51-72(86)11)103(131)116-61-69(8)49-76(116)59-109-82/h19,21-22,29-30,51,56-59,66-68,71,73,75-77,79,89-90,97-99H,8-9,18,20,23-28,31-50,52-55,60-65H2,1-7,10-17H3,(H,106,122)(H,107,123)(H,108,128)(H,110,129)(H,111,124)(H,112,125)/t71-,73-,75+,76-,77-,79-,89+,90?,97-,98-,99-/m0/s1. The van der Waals surface area contributed by atoms with Crippen LogP contribution in [0.1, 0.15) is 216 Å². The number of thioether (sulfide) groups is 2. The zero-order chi connectivity index (χ0) is 104. The normalized spacial score (nSPS) is 17.1.